The van der Waals surface area contributed by atoms with Crippen molar-refractivity contribution in [2.45, 2.75) is 58.0 Å². The number of nitrogens with one attached hydrogen (secondary N) is 1. The molecular weight excluding hydrogens is 172 g/mol. The molecule has 0 amide bonds. The number of likely N-dealkylation sites (N-methyl/N-ethyl adjacent to an activating group) is 2. The van der Waals surface area contributed by atoms with Gasteiger partial charge in [0.2, 0.25) is 0 Å². The molecule has 0 radical (unpaired) electrons. The van der Waals surface area contributed by atoms with E-state index in [1.165, 1.54) is 25.7 Å². The zero-order valence-corrected chi connectivity index (χ0v) is 10.9. The van der Waals surface area contributed by atoms with Gasteiger partial charge >= 0.3 is 0 Å². The number of unbranched alkanes of at least 4 members (excludes halogenated alkanes) is 2. The summed E-state index contributed by atoms with van der Waals surface area (Å²) in [5, 5.41) is 3.44. The van der Waals surface area contributed by atoms with Crippen molar-refractivity contribution in [3.8, 4) is 0 Å². The molecule has 0 rings (SSSR count). The van der Waals surface area contributed by atoms with Crippen LogP contribution in [0.2, 0.25) is 0 Å². The van der Waals surface area contributed by atoms with Gasteiger partial charge in [-0.1, -0.05) is 26.2 Å². The van der Waals surface area contributed by atoms with Gasteiger partial charge in [-0.2, -0.15) is 0 Å². The maximum Gasteiger partial charge on any atom is 0.0300 e. The SMILES string of the molecule is CCCCCC(NC)C(C)(C)N(C)C. The zero-order chi connectivity index (χ0) is 11.2. The van der Waals surface area contributed by atoms with Crippen molar-refractivity contribution in [1.29, 1.82) is 0 Å². The molecule has 0 aromatic heterocycles. The van der Waals surface area contributed by atoms with Crippen molar-refractivity contribution >= 4 is 0 Å². The van der Waals surface area contributed by atoms with Crippen LogP contribution in [0.3, 0.4) is 0 Å². The third-order valence-electron chi connectivity index (χ3n) is 3.45. The maximum absolute atomic E-state index is 3.44. The Hall–Kier alpha value is -0.0800. The van der Waals surface area contributed by atoms with Gasteiger partial charge in [-0.25, -0.2) is 0 Å². The topological polar surface area (TPSA) is 15.3 Å². The lowest BCUT2D eigenvalue weighted by Gasteiger charge is -2.40. The summed E-state index contributed by atoms with van der Waals surface area (Å²) in [5.74, 6) is 0. The minimum Gasteiger partial charge on any atom is -0.315 e. The molecule has 0 aliphatic carbocycles. The van der Waals surface area contributed by atoms with Crippen molar-refractivity contribution in [3.63, 3.8) is 0 Å². The summed E-state index contributed by atoms with van der Waals surface area (Å²) in [6, 6.07) is 0.587. The average Bonchev–Trinajstić information content (AvgIpc) is 2.12. The molecule has 0 aliphatic heterocycles. The number of hydrogen-bond donors (Lipinski definition) is 1. The van der Waals surface area contributed by atoms with E-state index in [1.807, 2.05) is 0 Å². The quantitative estimate of drug-likeness (QED) is 0.635. The van der Waals surface area contributed by atoms with Gasteiger partial charge in [0.1, 0.15) is 0 Å². The molecule has 0 saturated heterocycles. The molecule has 0 spiro atoms. The second-order valence-electron chi connectivity index (χ2n) is 4.89. The third-order valence-corrected chi connectivity index (χ3v) is 3.45. The number of hydrogen-bond acceptors (Lipinski definition) is 2. The van der Waals surface area contributed by atoms with Gasteiger partial charge in [0, 0.05) is 11.6 Å². The minimum absolute atomic E-state index is 0.239. The average molecular weight is 200 g/mol. The van der Waals surface area contributed by atoms with Gasteiger partial charge in [0.25, 0.3) is 0 Å². The fraction of sp³-hybridized carbons (Fsp3) is 1.00. The Morgan fingerprint density at radius 3 is 2.14 bits per heavy atom. The molecular formula is C12H28N2. The van der Waals surface area contributed by atoms with Gasteiger partial charge in [-0.15, -0.1) is 0 Å². The van der Waals surface area contributed by atoms with Crippen molar-refractivity contribution in [3.05, 3.63) is 0 Å². The van der Waals surface area contributed by atoms with Gasteiger partial charge in [-0.05, 0) is 41.4 Å². The van der Waals surface area contributed by atoms with Crippen molar-refractivity contribution in [2.75, 3.05) is 21.1 Å². The highest BCUT2D eigenvalue weighted by atomic mass is 15.2. The van der Waals surface area contributed by atoms with Crippen LogP contribution in [-0.4, -0.2) is 37.6 Å². The Kier molecular flexibility index (Phi) is 6.38. The molecule has 0 aliphatic rings. The van der Waals surface area contributed by atoms with E-state index in [4.69, 9.17) is 0 Å². The standard InChI is InChI=1S/C12H28N2/c1-7-8-9-10-11(13-4)12(2,3)14(5)6/h11,13H,7-10H2,1-6H3. The van der Waals surface area contributed by atoms with E-state index in [0.717, 1.165) is 0 Å². The Morgan fingerprint density at radius 2 is 1.79 bits per heavy atom. The molecule has 0 aromatic rings. The summed E-state index contributed by atoms with van der Waals surface area (Å²) in [7, 11) is 6.39. The molecule has 1 unspecified atom stereocenters. The lowest BCUT2D eigenvalue weighted by molar-refractivity contribution is 0.135. The van der Waals surface area contributed by atoms with Crippen molar-refractivity contribution in [2.24, 2.45) is 0 Å². The number of rotatable bonds is 7. The fourth-order valence-corrected chi connectivity index (χ4v) is 1.76. The van der Waals surface area contributed by atoms with Crippen LogP contribution >= 0.6 is 0 Å². The van der Waals surface area contributed by atoms with E-state index in [-0.39, 0.29) is 5.54 Å². The summed E-state index contributed by atoms with van der Waals surface area (Å²) in [6.07, 6.45) is 5.26. The first-order valence-corrected chi connectivity index (χ1v) is 5.81. The lowest BCUT2D eigenvalue weighted by atomic mass is 9.89. The van der Waals surface area contributed by atoms with Gasteiger partial charge in [0.05, 0.1) is 0 Å². The molecule has 2 heteroatoms. The molecule has 2 nitrogen and oxygen atoms in total. The van der Waals surface area contributed by atoms with Crippen LogP contribution in [0.4, 0.5) is 0 Å². The smallest absolute Gasteiger partial charge is 0.0300 e. The van der Waals surface area contributed by atoms with Crippen molar-refractivity contribution in [1.82, 2.24) is 10.2 Å². The van der Waals surface area contributed by atoms with Crippen LogP contribution < -0.4 is 5.32 Å². The Bertz CT molecular complexity index is 141. The monoisotopic (exact) mass is 200 g/mol. The number of nitrogens with zero attached hydrogens (tertiary/aromatic N) is 1. The van der Waals surface area contributed by atoms with Gasteiger partial charge in [0.15, 0.2) is 0 Å². The molecule has 0 heterocycles. The highest BCUT2D eigenvalue weighted by Gasteiger charge is 2.29. The first-order valence-electron chi connectivity index (χ1n) is 5.81. The fourth-order valence-electron chi connectivity index (χ4n) is 1.76. The minimum atomic E-state index is 0.239. The van der Waals surface area contributed by atoms with Crippen LogP contribution in [0.25, 0.3) is 0 Å². The normalized spacial score (nSPS) is 14.8. The molecule has 1 atom stereocenters. The van der Waals surface area contributed by atoms with Gasteiger partial charge < -0.3 is 10.2 Å². The van der Waals surface area contributed by atoms with E-state index in [2.05, 4.69) is 52.1 Å². The summed E-state index contributed by atoms with van der Waals surface area (Å²) >= 11 is 0. The first-order chi connectivity index (χ1) is 6.46. The van der Waals surface area contributed by atoms with Crippen LogP contribution in [0.5, 0.6) is 0 Å². The van der Waals surface area contributed by atoms with E-state index >= 15 is 0 Å². The summed E-state index contributed by atoms with van der Waals surface area (Å²) < 4.78 is 0. The van der Waals surface area contributed by atoms with Crippen LogP contribution in [0.1, 0.15) is 46.5 Å². The highest BCUT2D eigenvalue weighted by molar-refractivity contribution is 4.90. The predicted molar refractivity (Wildman–Crippen MR) is 64.8 cm³/mol. The molecule has 14 heavy (non-hydrogen) atoms. The third kappa shape index (κ3) is 3.97. The maximum atomic E-state index is 3.44. The van der Waals surface area contributed by atoms with E-state index < -0.39 is 0 Å². The molecule has 0 saturated carbocycles. The van der Waals surface area contributed by atoms with Crippen LogP contribution in [0, 0.1) is 0 Å². The van der Waals surface area contributed by atoms with E-state index in [0.29, 0.717) is 6.04 Å². The van der Waals surface area contributed by atoms with Crippen molar-refractivity contribution < 1.29 is 0 Å². The van der Waals surface area contributed by atoms with Crippen LogP contribution in [0.15, 0.2) is 0 Å². The molecule has 0 bridgehead atoms. The largest absolute Gasteiger partial charge is 0.315 e. The molecule has 1 N–H and O–H groups in total. The van der Waals surface area contributed by atoms with Crippen LogP contribution in [-0.2, 0) is 0 Å². The summed E-state index contributed by atoms with van der Waals surface area (Å²) in [6.45, 7) is 6.87. The predicted octanol–water partition coefficient (Wildman–Crippen LogP) is 2.49. The second-order valence-corrected chi connectivity index (χ2v) is 4.89. The van der Waals surface area contributed by atoms with E-state index in [9.17, 15) is 0 Å². The lowest BCUT2D eigenvalue weighted by Crippen LogP contribution is -2.54. The Labute approximate surface area is 90.1 Å². The van der Waals surface area contributed by atoms with E-state index in [1.54, 1.807) is 0 Å². The Balaban J connectivity index is 4.11. The summed E-state index contributed by atoms with van der Waals surface area (Å²) in [4.78, 5) is 2.31. The molecule has 86 valence electrons. The Morgan fingerprint density at radius 1 is 1.21 bits per heavy atom. The highest BCUT2D eigenvalue weighted by Crippen LogP contribution is 2.20. The summed E-state index contributed by atoms with van der Waals surface area (Å²) in [5.41, 5.74) is 0.239. The first kappa shape index (κ1) is 13.9. The second kappa shape index (κ2) is 6.41. The zero-order valence-electron chi connectivity index (χ0n) is 10.9. The molecule has 0 aromatic carbocycles. The molecule has 0 fully saturated rings. The van der Waals surface area contributed by atoms with Gasteiger partial charge in [-0.3, -0.25) is 0 Å².